The van der Waals surface area contributed by atoms with Crippen molar-refractivity contribution in [1.82, 2.24) is 13.9 Å². The smallest absolute Gasteiger partial charge is 0.281 e. The zero-order valence-corrected chi connectivity index (χ0v) is 13.0. The van der Waals surface area contributed by atoms with E-state index in [9.17, 15) is 8.42 Å². The van der Waals surface area contributed by atoms with Crippen LogP contribution in [0.4, 0.5) is 0 Å². The molecule has 0 spiro atoms. The van der Waals surface area contributed by atoms with Gasteiger partial charge in [-0.1, -0.05) is 0 Å². The van der Waals surface area contributed by atoms with Gasteiger partial charge in [-0.3, -0.25) is 0 Å². The highest BCUT2D eigenvalue weighted by Crippen LogP contribution is 2.25. The summed E-state index contributed by atoms with van der Waals surface area (Å²) in [6.45, 7) is 3.78. The summed E-state index contributed by atoms with van der Waals surface area (Å²) in [4.78, 5) is 0. The summed E-state index contributed by atoms with van der Waals surface area (Å²) in [7, 11) is 2.01. The molecule has 0 aromatic heterocycles. The molecule has 0 heterocycles. The molecule has 18 heavy (non-hydrogen) atoms. The minimum Gasteiger partial charge on any atom is -0.317 e. The van der Waals surface area contributed by atoms with E-state index in [1.807, 2.05) is 20.9 Å². The van der Waals surface area contributed by atoms with Gasteiger partial charge in [-0.05, 0) is 46.6 Å². The maximum absolute atomic E-state index is 12.4. The van der Waals surface area contributed by atoms with E-state index in [-0.39, 0.29) is 12.1 Å². The minimum atomic E-state index is -3.32. The third kappa shape index (κ3) is 3.44. The average Bonchev–Trinajstić information content (AvgIpc) is 2.36. The van der Waals surface area contributed by atoms with E-state index < -0.39 is 10.2 Å². The van der Waals surface area contributed by atoms with E-state index in [4.69, 9.17) is 0 Å². The van der Waals surface area contributed by atoms with Gasteiger partial charge in [0.25, 0.3) is 10.2 Å². The molecule has 0 aromatic carbocycles. The van der Waals surface area contributed by atoms with Crippen LogP contribution in [-0.2, 0) is 10.2 Å². The molecule has 0 amide bonds. The first kappa shape index (κ1) is 15.9. The minimum absolute atomic E-state index is 0.00824. The first-order valence-corrected chi connectivity index (χ1v) is 8.08. The first-order chi connectivity index (χ1) is 8.30. The summed E-state index contributed by atoms with van der Waals surface area (Å²) in [6, 6.07) is 0.673. The van der Waals surface area contributed by atoms with Crippen molar-refractivity contribution in [2.24, 2.45) is 0 Å². The Morgan fingerprint density at radius 2 is 1.61 bits per heavy atom. The first-order valence-electron chi connectivity index (χ1n) is 6.69. The van der Waals surface area contributed by atoms with Gasteiger partial charge >= 0.3 is 0 Å². The Labute approximate surface area is 112 Å². The second-order valence-electron chi connectivity index (χ2n) is 5.43. The monoisotopic (exact) mass is 277 g/mol. The molecule has 1 saturated carbocycles. The number of nitrogens with zero attached hydrogens (tertiary/aromatic N) is 2. The molecule has 1 fully saturated rings. The lowest BCUT2D eigenvalue weighted by Gasteiger charge is -2.36. The fourth-order valence-electron chi connectivity index (χ4n) is 2.39. The van der Waals surface area contributed by atoms with E-state index in [1.165, 1.54) is 4.31 Å². The Balaban J connectivity index is 2.68. The van der Waals surface area contributed by atoms with Crippen LogP contribution in [0.5, 0.6) is 0 Å². The van der Waals surface area contributed by atoms with E-state index in [1.54, 1.807) is 18.4 Å². The summed E-state index contributed by atoms with van der Waals surface area (Å²) in [5.74, 6) is 0. The van der Waals surface area contributed by atoms with Crippen LogP contribution in [0.15, 0.2) is 0 Å². The lowest BCUT2D eigenvalue weighted by atomic mass is 9.91. The van der Waals surface area contributed by atoms with Gasteiger partial charge < -0.3 is 5.32 Å². The fourth-order valence-corrected chi connectivity index (χ4v) is 3.91. The third-order valence-electron chi connectivity index (χ3n) is 4.07. The van der Waals surface area contributed by atoms with Gasteiger partial charge in [0.1, 0.15) is 0 Å². The molecule has 0 bridgehead atoms. The van der Waals surface area contributed by atoms with Crippen molar-refractivity contribution in [2.45, 2.75) is 57.7 Å². The van der Waals surface area contributed by atoms with E-state index >= 15 is 0 Å². The summed E-state index contributed by atoms with van der Waals surface area (Å²) < 4.78 is 27.7. The van der Waals surface area contributed by atoms with Gasteiger partial charge in [0.2, 0.25) is 0 Å². The van der Waals surface area contributed by atoms with Crippen molar-refractivity contribution in [2.75, 3.05) is 21.1 Å². The van der Waals surface area contributed by atoms with Crippen molar-refractivity contribution in [1.29, 1.82) is 0 Å². The Hall–Kier alpha value is -0.170. The van der Waals surface area contributed by atoms with Crippen LogP contribution in [0.1, 0.15) is 39.5 Å². The standard InChI is InChI=1S/C12H27N3O2S/c1-10(2)14(4)18(16,17)15(5)12-8-6-11(13-3)7-9-12/h10-13H,6-9H2,1-5H3. The zero-order chi connectivity index (χ0) is 13.9. The van der Waals surface area contributed by atoms with Crippen LogP contribution in [0.3, 0.4) is 0 Å². The quantitative estimate of drug-likeness (QED) is 0.817. The van der Waals surface area contributed by atoms with Crippen molar-refractivity contribution in [3.63, 3.8) is 0 Å². The van der Waals surface area contributed by atoms with E-state index in [0.29, 0.717) is 6.04 Å². The van der Waals surface area contributed by atoms with Crippen molar-refractivity contribution in [3.8, 4) is 0 Å². The SMILES string of the molecule is CNC1CCC(N(C)S(=O)(=O)N(C)C(C)C)CC1. The van der Waals surface area contributed by atoms with Crippen molar-refractivity contribution < 1.29 is 8.42 Å². The maximum atomic E-state index is 12.4. The van der Waals surface area contributed by atoms with Crippen LogP contribution < -0.4 is 5.32 Å². The predicted molar refractivity (Wildman–Crippen MR) is 74.7 cm³/mol. The van der Waals surface area contributed by atoms with Crippen LogP contribution in [0.2, 0.25) is 0 Å². The lowest BCUT2D eigenvalue weighted by molar-refractivity contribution is 0.239. The Bertz CT molecular complexity index is 348. The Morgan fingerprint density at radius 3 is 2.00 bits per heavy atom. The molecule has 0 saturated heterocycles. The highest BCUT2D eigenvalue weighted by Gasteiger charge is 2.33. The van der Waals surface area contributed by atoms with Crippen LogP contribution in [-0.4, -0.2) is 56.3 Å². The molecule has 1 rings (SSSR count). The van der Waals surface area contributed by atoms with Crippen LogP contribution in [0, 0.1) is 0 Å². The topological polar surface area (TPSA) is 52.7 Å². The van der Waals surface area contributed by atoms with Crippen LogP contribution >= 0.6 is 0 Å². The molecule has 0 radical (unpaired) electrons. The van der Waals surface area contributed by atoms with Crippen LogP contribution in [0.25, 0.3) is 0 Å². The average molecular weight is 277 g/mol. The molecule has 1 aliphatic rings. The molecule has 0 aliphatic heterocycles. The normalized spacial score (nSPS) is 26.2. The highest BCUT2D eigenvalue weighted by atomic mass is 32.2. The van der Waals surface area contributed by atoms with E-state index in [0.717, 1.165) is 25.7 Å². The van der Waals surface area contributed by atoms with Gasteiger partial charge in [0.05, 0.1) is 0 Å². The molecule has 6 heteroatoms. The fraction of sp³-hybridized carbons (Fsp3) is 1.00. The number of hydrogen-bond donors (Lipinski definition) is 1. The molecule has 108 valence electrons. The zero-order valence-electron chi connectivity index (χ0n) is 12.2. The van der Waals surface area contributed by atoms with Gasteiger partial charge in [0, 0.05) is 32.2 Å². The van der Waals surface area contributed by atoms with Gasteiger partial charge in [-0.2, -0.15) is 17.0 Å². The van der Waals surface area contributed by atoms with Crippen molar-refractivity contribution >= 4 is 10.2 Å². The molecule has 5 nitrogen and oxygen atoms in total. The van der Waals surface area contributed by atoms with Gasteiger partial charge in [-0.15, -0.1) is 0 Å². The molecule has 0 atom stereocenters. The molecular weight excluding hydrogens is 250 g/mol. The van der Waals surface area contributed by atoms with E-state index in [2.05, 4.69) is 5.32 Å². The summed E-state index contributed by atoms with van der Waals surface area (Å²) in [6.07, 6.45) is 3.97. The lowest BCUT2D eigenvalue weighted by Crippen LogP contribution is -2.49. The molecule has 1 N–H and O–H groups in total. The Kier molecular flexibility index (Phi) is 5.58. The highest BCUT2D eigenvalue weighted by molar-refractivity contribution is 7.86. The summed E-state index contributed by atoms with van der Waals surface area (Å²) in [5, 5.41) is 3.26. The third-order valence-corrected chi connectivity index (χ3v) is 6.25. The molecule has 1 aliphatic carbocycles. The number of nitrogens with one attached hydrogen (secondary N) is 1. The second-order valence-corrected chi connectivity index (χ2v) is 7.48. The Morgan fingerprint density at radius 1 is 1.11 bits per heavy atom. The largest absolute Gasteiger partial charge is 0.317 e. The maximum Gasteiger partial charge on any atom is 0.281 e. The molecule has 0 unspecified atom stereocenters. The summed E-state index contributed by atoms with van der Waals surface area (Å²) >= 11 is 0. The number of rotatable bonds is 5. The predicted octanol–water partition coefficient (Wildman–Crippen LogP) is 1.03. The molecule has 0 aromatic rings. The second kappa shape index (κ2) is 6.32. The molecular formula is C12H27N3O2S. The van der Waals surface area contributed by atoms with Gasteiger partial charge in [0.15, 0.2) is 0 Å². The van der Waals surface area contributed by atoms with Crippen molar-refractivity contribution in [3.05, 3.63) is 0 Å². The summed E-state index contributed by atoms with van der Waals surface area (Å²) in [5.41, 5.74) is 0. The van der Waals surface area contributed by atoms with Gasteiger partial charge in [-0.25, -0.2) is 0 Å². The number of hydrogen-bond acceptors (Lipinski definition) is 3.